The van der Waals surface area contributed by atoms with Gasteiger partial charge in [0.15, 0.2) is 0 Å². The fourth-order valence-corrected chi connectivity index (χ4v) is 1.10. The number of hydrogen-bond donors (Lipinski definition) is 2. The molecule has 1 heterocycles. The molecule has 0 saturated heterocycles. The van der Waals surface area contributed by atoms with Gasteiger partial charge in [-0.3, -0.25) is 10.1 Å². The second kappa shape index (κ2) is 5.63. The number of aromatic nitrogens is 1. The van der Waals surface area contributed by atoms with Crippen molar-refractivity contribution < 1.29 is 4.92 Å². The van der Waals surface area contributed by atoms with Gasteiger partial charge in [-0.25, -0.2) is 4.98 Å². The molecule has 7 nitrogen and oxygen atoms in total. The topological polar surface area (TPSA) is 104 Å². The van der Waals surface area contributed by atoms with Crippen LogP contribution in [0.3, 0.4) is 0 Å². The van der Waals surface area contributed by atoms with E-state index in [2.05, 4.69) is 15.6 Å². The maximum Gasteiger partial charge on any atom is 0.305 e. The third kappa shape index (κ3) is 2.90. The van der Waals surface area contributed by atoms with E-state index in [1.807, 2.05) is 7.05 Å². The number of nitrogens with one attached hydrogen (secondary N) is 2. The van der Waals surface area contributed by atoms with Gasteiger partial charge in [0.25, 0.3) is 0 Å². The van der Waals surface area contributed by atoms with Gasteiger partial charge in [-0.1, -0.05) is 0 Å². The lowest BCUT2D eigenvalue weighted by Gasteiger charge is -2.04. The molecule has 0 aliphatic carbocycles. The summed E-state index contributed by atoms with van der Waals surface area (Å²) in [6, 6.07) is 4.45. The van der Waals surface area contributed by atoms with Crippen LogP contribution in [0.1, 0.15) is 5.69 Å². The predicted octanol–water partition coefficient (Wildman–Crippen LogP) is 0.493. The summed E-state index contributed by atoms with van der Waals surface area (Å²) in [6.45, 7) is 1.37. The molecule has 0 aliphatic rings. The minimum Gasteiger partial charge on any atom is -0.369 e. The van der Waals surface area contributed by atoms with Crippen LogP contribution in [-0.2, 0) is 0 Å². The largest absolute Gasteiger partial charge is 0.369 e. The lowest BCUT2D eigenvalue weighted by molar-refractivity contribution is -0.385. The van der Waals surface area contributed by atoms with E-state index < -0.39 is 4.92 Å². The van der Waals surface area contributed by atoms with Crippen LogP contribution in [0, 0.1) is 21.4 Å². The zero-order valence-electron chi connectivity index (χ0n) is 8.73. The average Bonchev–Trinajstić information content (AvgIpc) is 2.29. The Morgan fingerprint density at radius 3 is 2.88 bits per heavy atom. The van der Waals surface area contributed by atoms with Crippen LogP contribution in [0.4, 0.5) is 11.5 Å². The van der Waals surface area contributed by atoms with Gasteiger partial charge in [0.05, 0.1) is 4.92 Å². The van der Waals surface area contributed by atoms with Crippen molar-refractivity contribution in [2.45, 2.75) is 0 Å². The third-order valence-electron chi connectivity index (χ3n) is 1.86. The average molecular weight is 221 g/mol. The fraction of sp³-hybridized carbons (Fsp3) is 0.333. The molecule has 1 aromatic heterocycles. The number of pyridine rings is 1. The van der Waals surface area contributed by atoms with Crippen LogP contribution < -0.4 is 10.6 Å². The summed E-state index contributed by atoms with van der Waals surface area (Å²) in [5, 5.41) is 25.1. The lowest BCUT2D eigenvalue weighted by Crippen LogP contribution is -2.18. The Morgan fingerprint density at radius 1 is 1.56 bits per heavy atom. The van der Waals surface area contributed by atoms with E-state index in [1.165, 1.54) is 12.1 Å². The normalized spacial score (nSPS) is 9.50. The monoisotopic (exact) mass is 221 g/mol. The molecule has 1 rings (SSSR count). The van der Waals surface area contributed by atoms with Crippen LogP contribution >= 0.6 is 0 Å². The summed E-state index contributed by atoms with van der Waals surface area (Å²) in [7, 11) is 1.81. The molecule has 0 radical (unpaired) electrons. The molecule has 1 aromatic rings. The molecule has 0 bridgehead atoms. The van der Waals surface area contributed by atoms with Gasteiger partial charge in [0.2, 0.25) is 5.69 Å². The number of nitrogens with zero attached hydrogens (tertiary/aromatic N) is 3. The SMILES string of the molecule is CNCCNc1ccc([N+](=O)[O-])c(C#N)n1. The molecule has 0 amide bonds. The molecule has 2 N–H and O–H groups in total. The van der Waals surface area contributed by atoms with Gasteiger partial charge in [-0.05, 0) is 13.1 Å². The van der Waals surface area contributed by atoms with Crippen LogP contribution in [0.25, 0.3) is 0 Å². The molecular formula is C9H11N5O2. The van der Waals surface area contributed by atoms with E-state index in [9.17, 15) is 10.1 Å². The van der Waals surface area contributed by atoms with Crippen LogP contribution in [0.2, 0.25) is 0 Å². The Balaban J connectivity index is 2.84. The molecule has 0 aromatic carbocycles. The Morgan fingerprint density at radius 2 is 2.31 bits per heavy atom. The summed E-state index contributed by atoms with van der Waals surface area (Å²) >= 11 is 0. The molecule has 16 heavy (non-hydrogen) atoms. The van der Waals surface area contributed by atoms with E-state index in [4.69, 9.17) is 5.26 Å². The van der Waals surface area contributed by atoms with Gasteiger partial charge in [-0.15, -0.1) is 0 Å². The van der Waals surface area contributed by atoms with E-state index in [0.29, 0.717) is 12.4 Å². The minimum absolute atomic E-state index is 0.181. The fourth-order valence-electron chi connectivity index (χ4n) is 1.10. The molecule has 0 aliphatic heterocycles. The van der Waals surface area contributed by atoms with E-state index in [-0.39, 0.29) is 11.4 Å². The summed E-state index contributed by atoms with van der Waals surface area (Å²) < 4.78 is 0. The molecule has 0 saturated carbocycles. The van der Waals surface area contributed by atoms with Crippen molar-refractivity contribution in [3.05, 3.63) is 27.9 Å². The van der Waals surface area contributed by atoms with Gasteiger partial charge >= 0.3 is 5.69 Å². The number of likely N-dealkylation sites (N-methyl/N-ethyl adjacent to an activating group) is 1. The lowest BCUT2D eigenvalue weighted by atomic mass is 10.3. The Labute approximate surface area is 92.3 Å². The van der Waals surface area contributed by atoms with Crippen molar-refractivity contribution >= 4 is 11.5 Å². The molecule has 0 fully saturated rings. The van der Waals surface area contributed by atoms with Crippen molar-refractivity contribution in [2.24, 2.45) is 0 Å². The van der Waals surface area contributed by atoms with Gasteiger partial charge in [-0.2, -0.15) is 5.26 Å². The number of anilines is 1. The Kier molecular flexibility index (Phi) is 4.17. The number of rotatable bonds is 5. The van der Waals surface area contributed by atoms with Gasteiger partial charge in [0, 0.05) is 19.2 Å². The number of nitriles is 1. The number of hydrogen-bond acceptors (Lipinski definition) is 6. The maximum absolute atomic E-state index is 10.5. The highest BCUT2D eigenvalue weighted by Crippen LogP contribution is 2.17. The van der Waals surface area contributed by atoms with E-state index >= 15 is 0 Å². The third-order valence-corrected chi connectivity index (χ3v) is 1.86. The number of nitro groups is 1. The van der Waals surface area contributed by atoms with Gasteiger partial charge in [0.1, 0.15) is 11.9 Å². The summed E-state index contributed by atoms with van der Waals surface area (Å²) in [5.74, 6) is 0.456. The Hall–Kier alpha value is -2.20. The van der Waals surface area contributed by atoms with E-state index in [0.717, 1.165) is 6.54 Å². The molecule has 7 heteroatoms. The zero-order valence-corrected chi connectivity index (χ0v) is 8.73. The standard InChI is InChI=1S/C9H11N5O2/c1-11-4-5-12-9-3-2-8(14(15)16)7(6-10)13-9/h2-3,11H,4-5H2,1H3,(H,12,13). The van der Waals surface area contributed by atoms with Crippen molar-refractivity contribution in [2.75, 3.05) is 25.5 Å². The quantitative estimate of drug-likeness (QED) is 0.426. The van der Waals surface area contributed by atoms with Crippen molar-refractivity contribution in [1.29, 1.82) is 5.26 Å². The van der Waals surface area contributed by atoms with Crippen LogP contribution in [0.5, 0.6) is 0 Å². The highest BCUT2D eigenvalue weighted by atomic mass is 16.6. The molecular weight excluding hydrogens is 210 g/mol. The van der Waals surface area contributed by atoms with Gasteiger partial charge < -0.3 is 10.6 Å². The smallest absolute Gasteiger partial charge is 0.305 e. The molecule has 0 atom stereocenters. The van der Waals surface area contributed by atoms with Crippen LogP contribution in [0.15, 0.2) is 12.1 Å². The van der Waals surface area contributed by atoms with Crippen molar-refractivity contribution in [1.82, 2.24) is 10.3 Å². The molecule has 0 unspecified atom stereocenters. The van der Waals surface area contributed by atoms with Crippen molar-refractivity contribution in [3.63, 3.8) is 0 Å². The predicted molar refractivity (Wildman–Crippen MR) is 58.0 cm³/mol. The Bertz CT molecular complexity index is 426. The van der Waals surface area contributed by atoms with Crippen molar-refractivity contribution in [3.8, 4) is 6.07 Å². The minimum atomic E-state index is -0.622. The second-order valence-electron chi connectivity index (χ2n) is 2.96. The summed E-state index contributed by atoms with van der Waals surface area (Å²) in [5.41, 5.74) is -0.457. The first kappa shape index (κ1) is 11.9. The highest BCUT2D eigenvalue weighted by molar-refractivity contribution is 5.50. The first-order chi connectivity index (χ1) is 7.69. The summed E-state index contributed by atoms with van der Waals surface area (Å²) in [4.78, 5) is 13.8. The van der Waals surface area contributed by atoms with Crippen LogP contribution in [-0.4, -0.2) is 30.0 Å². The first-order valence-electron chi connectivity index (χ1n) is 4.63. The highest BCUT2D eigenvalue weighted by Gasteiger charge is 2.15. The summed E-state index contributed by atoms with van der Waals surface area (Å²) in [6.07, 6.45) is 0. The van der Waals surface area contributed by atoms with E-state index in [1.54, 1.807) is 6.07 Å². The maximum atomic E-state index is 10.5. The molecule has 0 spiro atoms. The second-order valence-corrected chi connectivity index (χ2v) is 2.96. The first-order valence-corrected chi connectivity index (χ1v) is 4.63. The molecule has 84 valence electrons. The zero-order chi connectivity index (χ0) is 12.0.